The van der Waals surface area contributed by atoms with Crippen LogP contribution in [0.4, 0.5) is 0 Å². The highest BCUT2D eigenvalue weighted by atomic mass is 16.5. The van der Waals surface area contributed by atoms with Gasteiger partial charge in [0.15, 0.2) is 0 Å². The Morgan fingerprint density at radius 3 is 2.31 bits per heavy atom. The van der Waals surface area contributed by atoms with Gasteiger partial charge in [-0.1, -0.05) is 48.0 Å². The smallest absolute Gasteiger partial charge is 0.254 e. The van der Waals surface area contributed by atoms with Gasteiger partial charge in [-0.2, -0.15) is 0 Å². The fourth-order valence-electron chi connectivity index (χ4n) is 3.42. The number of rotatable bonds is 11. The van der Waals surface area contributed by atoms with E-state index in [-0.39, 0.29) is 18.4 Å². The van der Waals surface area contributed by atoms with E-state index < -0.39 is 0 Å². The van der Waals surface area contributed by atoms with Crippen molar-refractivity contribution >= 4 is 11.8 Å². The molecule has 1 heterocycles. The molecule has 168 valence electrons. The van der Waals surface area contributed by atoms with Crippen LogP contribution in [0, 0.1) is 6.92 Å². The van der Waals surface area contributed by atoms with Gasteiger partial charge < -0.3 is 19.0 Å². The van der Waals surface area contributed by atoms with E-state index in [1.807, 2.05) is 55.5 Å². The average Bonchev–Trinajstić information content (AvgIpc) is 3.32. The first kappa shape index (κ1) is 23.3. The molecule has 32 heavy (non-hydrogen) atoms. The lowest BCUT2D eigenvalue weighted by atomic mass is 10.1. The summed E-state index contributed by atoms with van der Waals surface area (Å²) >= 11 is 0. The van der Waals surface area contributed by atoms with Crippen molar-refractivity contribution < 1.29 is 18.7 Å². The average molecular weight is 435 g/mol. The number of nitrogens with zero attached hydrogens (tertiary/aromatic N) is 2. The molecule has 1 aromatic heterocycles. The summed E-state index contributed by atoms with van der Waals surface area (Å²) in [4.78, 5) is 29.9. The number of furan rings is 1. The third-order valence-corrected chi connectivity index (χ3v) is 5.18. The Morgan fingerprint density at radius 1 is 0.906 bits per heavy atom. The van der Waals surface area contributed by atoms with Gasteiger partial charge in [-0.3, -0.25) is 9.59 Å². The van der Waals surface area contributed by atoms with Gasteiger partial charge in [0.25, 0.3) is 5.91 Å². The molecular weight excluding hydrogens is 404 g/mol. The van der Waals surface area contributed by atoms with Gasteiger partial charge in [-0.25, -0.2) is 0 Å². The van der Waals surface area contributed by atoms with Crippen molar-refractivity contribution in [2.24, 2.45) is 0 Å². The molecule has 0 atom stereocenters. The maximum atomic E-state index is 13.4. The molecule has 0 saturated carbocycles. The van der Waals surface area contributed by atoms with Crippen molar-refractivity contribution in [3.8, 4) is 0 Å². The lowest BCUT2D eigenvalue weighted by Gasteiger charge is -2.27. The molecule has 6 heteroatoms. The maximum Gasteiger partial charge on any atom is 0.254 e. The molecule has 0 fully saturated rings. The van der Waals surface area contributed by atoms with E-state index in [9.17, 15) is 9.59 Å². The molecule has 3 aromatic rings. The van der Waals surface area contributed by atoms with Gasteiger partial charge in [0.05, 0.1) is 12.8 Å². The molecule has 0 radical (unpaired) electrons. The number of carbonyl (C=O) groups excluding carboxylic acids is 2. The number of hydrogen-bond acceptors (Lipinski definition) is 4. The summed E-state index contributed by atoms with van der Waals surface area (Å²) in [7, 11) is 1.63. The Labute approximate surface area is 189 Å². The van der Waals surface area contributed by atoms with Crippen LogP contribution in [-0.4, -0.2) is 48.4 Å². The van der Waals surface area contributed by atoms with Gasteiger partial charge in [-0.05, 0) is 43.2 Å². The topological polar surface area (TPSA) is 63.0 Å². The molecule has 0 saturated heterocycles. The maximum absolute atomic E-state index is 13.4. The van der Waals surface area contributed by atoms with Crippen molar-refractivity contribution in [2.75, 3.05) is 26.8 Å². The summed E-state index contributed by atoms with van der Waals surface area (Å²) in [5, 5.41) is 0. The first-order valence-electron chi connectivity index (χ1n) is 10.8. The van der Waals surface area contributed by atoms with Crippen molar-refractivity contribution in [2.45, 2.75) is 26.4 Å². The fourth-order valence-corrected chi connectivity index (χ4v) is 3.42. The highest BCUT2D eigenvalue weighted by Crippen LogP contribution is 2.13. The zero-order chi connectivity index (χ0) is 22.8. The number of hydrogen-bond donors (Lipinski definition) is 0. The van der Waals surface area contributed by atoms with Crippen LogP contribution in [0.25, 0.3) is 0 Å². The molecule has 0 aliphatic heterocycles. The minimum absolute atomic E-state index is 0.00995. The van der Waals surface area contributed by atoms with Crippen LogP contribution in [0.2, 0.25) is 0 Å². The van der Waals surface area contributed by atoms with Crippen LogP contribution in [-0.2, 0) is 22.6 Å². The monoisotopic (exact) mass is 434 g/mol. The predicted octanol–water partition coefficient (Wildman–Crippen LogP) is 4.30. The second-order valence-corrected chi connectivity index (χ2v) is 7.75. The summed E-state index contributed by atoms with van der Waals surface area (Å²) in [6, 6.07) is 20.9. The first-order chi connectivity index (χ1) is 15.6. The lowest BCUT2D eigenvalue weighted by molar-refractivity contribution is -0.133. The molecule has 0 unspecified atom stereocenters. The molecular formula is C26H30N2O4. The Balaban J connectivity index is 1.77. The summed E-state index contributed by atoms with van der Waals surface area (Å²) in [6.45, 7) is 3.70. The Kier molecular flexibility index (Phi) is 8.63. The van der Waals surface area contributed by atoms with E-state index in [0.717, 1.165) is 11.1 Å². The second-order valence-electron chi connectivity index (χ2n) is 7.75. The normalized spacial score (nSPS) is 10.7. The molecule has 0 N–H and O–H groups in total. The minimum Gasteiger partial charge on any atom is -0.467 e. The molecule has 0 bridgehead atoms. The van der Waals surface area contributed by atoms with Crippen LogP contribution < -0.4 is 0 Å². The van der Waals surface area contributed by atoms with Crippen LogP contribution in [0.1, 0.15) is 33.7 Å². The largest absolute Gasteiger partial charge is 0.467 e. The standard InChI is InChI=1S/C26H30N2O4/c1-21-11-13-23(14-12-21)26(30)27(15-7-16-31-2)20-25(29)28(19-24-10-6-17-32-24)18-22-8-4-3-5-9-22/h3-6,8-14,17H,7,15-16,18-20H2,1-2H3. The number of methoxy groups -OCH3 is 1. The highest BCUT2D eigenvalue weighted by Gasteiger charge is 2.23. The number of aryl methyl sites for hydroxylation is 1. The van der Waals surface area contributed by atoms with E-state index in [2.05, 4.69) is 0 Å². The van der Waals surface area contributed by atoms with Crippen LogP contribution in [0.15, 0.2) is 77.4 Å². The van der Waals surface area contributed by atoms with E-state index in [0.29, 0.717) is 44.0 Å². The lowest BCUT2D eigenvalue weighted by Crippen LogP contribution is -2.43. The predicted molar refractivity (Wildman–Crippen MR) is 123 cm³/mol. The zero-order valence-electron chi connectivity index (χ0n) is 18.7. The Hall–Kier alpha value is -3.38. The molecule has 0 aliphatic rings. The van der Waals surface area contributed by atoms with Gasteiger partial charge in [-0.15, -0.1) is 0 Å². The van der Waals surface area contributed by atoms with Gasteiger partial charge in [0.1, 0.15) is 12.3 Å². The molecule has 0 aliphatic carbocycles. The third kappa shape index (κ3) is 6.82. The molecule has 0 spiro atoms. The Morgan fingerprint density at radius 2 is 1.66 bits per heavy atom. The quantitative estimate of drug-likeness (QED) is 0.422. The van der Waals surface area contributed by atoms with E-state index in [4.69, 9.17) is 9.15 Å². The molecule has 3 rings (SSSR count). The van der Waals surface area contributed by atoms with Gasteiger partial charge >= 0.3 is 0 Å². The van der Waals surface area contributed by atoms with Crippen LogP contribution in [0.5, 0.6) is 0 Å². The van der Waals surface area contributed by atoms with Crippen molar-refractivity contribution in [1.29, 1.82) is 0 Å². The number of carbonyl (C=O) groups is 2. The summed E-state index contributed by atoms with van der Waals surface area (Å²) < 4.78 is 10.6. The molecule has 2 amide bonds. The van der Waals surface area contributed by atoms with E-state index >= 15 is 0 Å². The summed E-state index contributed by atoms with van der Waals surface area (Å²) in [6.07, 6.45) is 2.25. The van der Waals surface area contributed by atoms with E-state index in [1.54, 1.807) is 41.4 Å². The number of ether oxygens (including phenoxy) is 1. The van der Waals surface area contributed by atoms with Gasteiger partial charge in [0.2, 0.25) is 5.91 Å². The Bertz CT molecular complexity index is 969. The van der Waals surface area contributed by atoms with Crippen LogP contribution >= 0.6 is 0 Å². The van der Waals surface area contributed by atoms with Gasteiger partial charge in [0, 0.05) is 32.4 Å². The second kappa shape index (κ2) is 11.9. The molecule has 2 aromatic carbocycles. The zero-order valence-corrected chi connectivity index (χ0v) is 18.7. The van der Waals surface area contributed by atoms with Crippen molar-refractivity contribution in [3.63, 3.8) is 0 Å². The minimum atomic E-state index is -0.160. The van der Waals surface area contributed by atoms with Crippen molar-refractivity contribution in [1.82, 2.24) is 9.80 Å². The highest BCUT2D eigenvalue weighted by molar-refractivity contribution is 5.96. The summed E-state index contributed by atoms with van der Waals surface area (Å²) in [5.41, 5.74) is 2.67. The fraction of sp³-hybridized carbons (Fsp3) is 0.308. The number of amides is 2. The van der Waals surface area contributed by atoms with E-state index in [1.165, 1.54) is 0 Å². The summed E-state index contributed by atoms with van der Waals surface area (Å²) in [5.74, 6) is 0.403. The third-order valence-electron chi connectivity index (χ3n) is 5.18. The van der Waals surface area contributed by atoms with Crippen molar-refractivity contribution in [3.05, 3.63) is 95.4 Å². The molecule has 6 nitrogen and oxygen atoms in total. The number of benzene rings is 2. The first-order valence-corrected chi connectivity index (χ1v) is 10.8. The van der Waals surface area contributed by atoms with Crippen LogP contribution in [0.3, 0.4) is 0 Å². The SMILES string of the molecule is COCCCN(CC(=O)N(Cc1ccccc1)Cc1ccco1)C(=O)c1ccc(C)cc1.